The van der Waals surface area contributed by atoms with Crippen molar-refractivity contribution in [1.29, 1.82) is 0 Å². The molecule has 1 saturated carbocycles. The third-order valence-corrected chi connectivity index (χ3v) is 3.69. The van der Waals surface area contributed by atoms with E-state index in [4.69, 9.17) is 4.74 Å². The summed E-state index contributed by atoms with van der Waals surface area (Å²) in [5.74, 6) is -0.502. The van der Waals surface area contributed by atoms with Crippen molar-refractivity contribution in [3.8, 4) is 5.75 Å². The van der Waals surface area contributed by atoms with Gasteiger partial charge in [0.1, 0.15) is 5.75 Å². The van der Waals surface area contributed by atoms with Crippen LogP contribution in [0.15, 0.2) is 30.3 Å². The van der Waals surface area contributed by atoms with Crippen LogP contribution in [0.3, 0.4) is 0 Å². The van der Waals surface area contributed by atoms with Crippen LogP contribution in [0.2, 0.25) is 0 Å². The Kier molecular flexibility index (Phi) is 5.52. The van der Waals surface area contributed by atoms with Crippen LogP contribution < -0.4 is 10.1 Å². The SMILES string of the molecule is COC(=O)C(NC(=O)Oc1ccccc1)C(=O)CC1CCC1. The number of ketones is 1. The molecule has 0 spiro atoms. The van der Waals surface area contributed by atoms with Crippen LogP contribution in [0.1, 0.15) is 25.7 Å². The smallest absolute Gasteiger partial charge is 0.413 e. The second-order valence-electron chi connectivity index (χ2n) is 5.27. The summed E-state index contributed by atoms with van der Waals surface area (Å²) in [7, 11) is 1.18. The number of esters is 1. The van der Waals surface area contributed by atoms with Crippen LogP contribution in [-0.4, -0.2) is 31.0 Å². The van der Waals surface area contributed by atoms with E-state index < -0.39 is 18.1 Å². The molecule has 1 amide bonds. The topological polar surface area (TPSA) is 81.7 Å². The molecule has 1 atom stereocenters. The van der Waals surface area contributed by atoms with E-state index in [1.165, 1.54) is 7.11 Å². The maximum Gasteiger partial charge on any atom is 0.413 e. The number of Topliss-reactive ketones (excluding diaryl/α,β-unsaturated/α-hetero) is 1. The molecule has 0 radical (unpaired) electrons. The van der Waals surface area contributed by atoms with Crippen molar-refractivity contribution < 1.29 is 23.9 Å². The molecule has 0 bridgehead atoms. The number of amides is 1. The molecular weight excluding hydrogens is 286 g/mol. The van der Waals surface area contributed by atoms with Crippen molar-refractivity contribution in [3.63, 3.8) is 0 Å². The number of benzene rings is 1. The molecule has 1 aliphatic rings. The van der Waals surface area contributed by atoms with Gasteiger partial charge >= 0.3 is 12.1 Å². The molecule has 0 aromatic heterocycles. The fourth-order valence-electron chi connectivity index (χ4n) is 2.23. The van der Waals surface area contributed by atoms with Crippen LogP contribution in [0.4, 0.5) is 4.79 Å². The van der Waals surface area contributed by atoms with Crippen molar-refractivity contribution in [2.45, 2.75) is 31.7 Å². The summed E-state index contributed by atoms with van der Waals surface area (Å²) in [5, 5.41) is 2.28. The molecule has 0 aliphatic heterocycles. The van der Waals surface area contributed by atoms with Gasteiger partial charge in [-0.1, -0.05) is 37.5 Å². The molecular formula is C16H19NO5. The quantitative estimate of drug-likeness (QED) is 0.643. The minimum Gasteiger partial charge on any atom is -0.467 e. The lowest BCUT2D eigenvalue weighted by Crippen LogP contribution is -2.48. The van der Waals surface area contributed by atoms with Crippen molar-refractivity contribution in [3.05, 3.63) is 30.3 Å². The first-order chi connectivity index (χ1) is 10.6. The van der Waals surface area contributed by atoms with E-state index in [1.807, 2.05) is 0 Å². The number of hydrogen-bond donors (Lipinski definition) is 1. The molecule has 2 rings (SSSR count). The normalized spacial score (nSPS) is 15.3. The van der Waals surface area contributed by atoms with Crippen LogP contribution in [-0.2, 0) is 14.3 Å². The Morgan fingerprint density at radius 2 is 1.91 bits per heavy atom. The van der Waals surface area contributed by atoms with Gasteiger partial charge in [0.2, 0.25) is 0 Å². The standard InChI is InChI=1S/C16H19NO5/c1-21-15(19)14(13(18)10-11-6-5-7-11)17-16(20)22-12-8-3-2-4-9-12/h2-4,8-9,11,14H,5-7,10H2,1H3,(H,17,20). The molecule has 22 heavy (non-hydrogen) atoms. The van der Waals surface area contributed by atoms with E-state index in [-0.39, 0.29) is 12.2 Å². The third kappa shape index (κ3) is 4.31. The summed E-state index contributed by atoms with van der Waals surface area (Å²) in [5.41, 5.74) is 0. The number of para-hydroxylation sites is 1. The summed E-state index contributed by atoms with van der Waals surface area (Å²) in [6, 6.07) is 7.09. The Morgan fingerprint density at radius 1 is 1.23 bits per heavy atom. The fourth-order valence-corrected chi connectivity index (χ4v) is 2.23. The van der Waals surface area contributed by atoms with E-state index in [1.54, 1.807) is 30.3 Å². The molecule has 1 fully saturated rings. The molecule has 1 aromatic rings. The first-order valence-electron chi connectivity index (χ1n) is 7.24. The number of ether oxygens (including phenoxy) is 2. The zero-order valence-corrected chi connectivity index (χ0v) is 12.4. The van der Waals surface area contributed by atoms with Gasteiger partial charge in [0.25, 0.3) is 0 Å². The lowest BCUT2D eigenvalue weighted by Gasteiger charge is -2.26. The molecule has 1 N–H and O–H groups in total. The maximum atomic E-state index is 12.2. The molecule has 0 heterocycles. The highest BCUT2D eigenvalue weighted by atomic mass is 16.6. The zero-order valence-electron chi connectivity index (χ0n) is 12.4. The van der Waals surface area contributed by atoms with Crippen LogP contribution >= 0.6 is 0 Å². The molecule has 1 aromatic carbocycles. The first-order valence-corrected chi connectivity index (χ1v) is 7.24. The second-order valence-corrected chi connectivity index (χ2v) is 5.27. The van der Waals surface area contributed by atoms with Gasteiger partial charge in [0.05, 0.1) is 7.11 Å². The van der Waals surface area contributed by atoms with Gasteiger partial charge in [-0.3, -0.25) is 4.79 Å². The maximum absolute atomic E-state index is 12.2. The number of hydrogen-bond acceptors (Lipinski definition) is 5. The van der Waals surface area contributed by atoms with E-state index in [9.17, 15) is 14.4 Å². The van der Waals surface area contributed by atoms with Gasteiger partial charge in [0, 0.05) is 6.42 Å². The minimum atomic E-state index is -1.32. The van der Waals surface area contributed by atoms with Crippen LogP contribution in [0.5, 0.6) is 5.75 Å². The van der Waals surface area contributed by atoms with Gasteiger partial charge in [0.15, 0.2) is 11.8 Å². The Morgan fingerprint density at radius 3 is 2.45 bits per heavy atom. The van der Waals surface area contributed by atoms with Gasteiger partial charge in [-0.15, -0.1) is 0 Å². The number of rotatable bonds is 6. The molecule has 118 valence electrons. The average molecular weight is 305 g/mol. The molecule has 1 aliphatic carbocycles. The van der Waals surface area contributed by atoms with Crippen molar-refractivity contribution >= 4 is 17.8 Å². The first kappa shape index (κ1) is 16.0. The highest BCUT2D eigenvalue weighted by molar-refractivity contribution is 6.05. The highest BCUT2D eigenvalue weighted by Gasteiger charge is 2.32. The lowest BCUT2D eigenvalue weighted by atomic mass is 9.81. The van der Waals surface area contributed by atoms with Crippen LogP contribution in [0.25, 0.3) is 0 Å². The molecule has 1 unspecified atom stereocenters. The highest BCUT2D eigenvalue weighted by Crippen LogP contribution is 2.29. The molecule has 0 saturated heterocycles. The number of nitrogens with one attached hydrogen (secondary N) is 1. The van der Waals surface area contributed by atoms with Crippen molar-refractivity contribution in [1.82, 2.24) is 5.32 Å². The van der Waals surface area contributed by atoms with E-state index >= 15 is 0 Å². The number of carbonyl (C=O) groups is 3. The van der Waals surface area contributed by atoms with Crippen molar-refractivity contribution in [2.24, 2.45) is 5.92 Å². The number of carbonyl (C=O) groups excluding carboxylic acids is 3. The Hall–Kier alpha value is -2.37. The number of methoxy groups -OCH3 is 1. The summed E-state index contributed by atoms with van der Waals surface area (Å²) in [6.45, 7) is 0. The Bertz CT molecular complexity index is 539. The second kappa shape index (κ2) is 7.59. The third-order valence-electron chi connectivity index (χ3n) is 3.69. The van der Waals surface area contributed by atoms with Gasteiger partial charge in [-0.05, 0) is 18.1 Å². The molecule has 6 heteroatoms. The van der Waals surface area contributed by atoms with Gasteiger partial charge in [-0.25, -0.2) is 9.59 Å². The largest absolute Gasteiger partial charge is 0.467 e. The summed E-state index contributed by atoms with van der Waals surface area (Å²) >= 11 is 0. The Balaban J connectivity index is 1.94. The fraction of sp³-hybridized carbons (Fsp3) is 0.438. The van der Waals surface area contributed by atoms with E-state index in [2.05, 4.69) is 10.1 Å². The van der Waals surface area contributed by atoms with Gasteiger partial charge in [-0.2, -0.15) is 0 Å². The summed E-state index contributed by atoms with van der Waals surface area (Å²) in [4.78, 5) is 35.7. The summed E-state index contributed by atoms with van der Waals surface area (Å²) in [6.07, 6.45) is 2.47. The lowest BCUT2D eigenvalue weighted by molar-refractivity contribution is -0.146. The van der Waals surface area contributed by atoms with Gasteiger partial charge < -0.3 is 14.8 Å². The van der Waals surface area contributed by atoms with Crippen LogP contribution in [0, 0.1) is 5.92 Å². The zero-order chi connectivity index (χ0) is 15.9. The predicted octanol–water partition coefficient (Wildman–Crippen LogP) is 2.08. The Labute approximate surface area is 128 Å². The van der Waals surface area contributed by atoms with Crippen molar-refractivity contribution in [2.75, 3.05) is 7.11 Å². The summed E-state index contributed by atoms with van der Waals surface area (Å²) < 4.78 is 9.61. The average Bonchev–Trinajstić information content (AvgIpc) is 2.48. The van der Waals surface area contributed by atoms with E-state index in [0.717, 1.165) is 19.3 Å². The van der Waals surface area contributed by atoms with E-state index in [0.29, 0.717) is 11.7 Å². The monoisotopic (exact) mass is 305 g/mol. The molecule has 6 nitrogen and oxygen atoms in total. The minimum absolute atomic E-state index is 0.269. The predicted molar refractivity (Wildman–Crippen MR) is 78.4 cm³/mol.